The molecular weight excluding hydrogens is 1580 g/mol. The summed E-state index contributed by atoms with van der Waals surface area (Å²) < 4.78 is 102. The van der Waals surface area contributed by atoms with Crippen LogP contribution in [0.3, 0.4) is 0 Å². The van der Waals surface area contributed by atoms with Crippen molar-refractivity contribution in [3.63, 3.8) is 0 Å². The predicted molar refractivity (Wildman–Crippen MR) is 383 cm³/mol. The molecule has 12 fully saturated rings. The number of hydrogen-bond acceptors (Lipinski definition) is 40. The highest BCUT2D eigenvalue weighted by atomic mass is 16.8. The van der Waals surface area contributed by atoms with Crippen molar-refractivity contribution < 1.29 is 202 Å². The van der Waals surface area contributed by atoms with Crippen molar-refractivity contribution in [2.45, 2.75) is 367 Å². The lowest BCUT2D eigenvalue weighted by Gasteiger charge is -2.71. The number of fused-ring (bicyclic) bond motifs is 7. The monoisotopic (exact) mass is 1700 g/mol. The van der Waals surface area contributed by atoms with Crippen LogP contribution in [0.15, 0.2) is 11.6 Å². The molecule has 0 radical (unpaired) electrons. The highest BCUT2D eigenvalue weighted by Crippen LogP contribution is 2.76. The Morgan fingerprint density at radius 1 is 0.458 bits per heavy atom. The smallest absolute Gasteiger partial charge is 0.335 e. The molecule has 20 N–H and O–H groups in total. The van der Waals surface area contributed by atoms with Crippen molar-refractivity contribution in [2.24, 2.45) is 50.2 Å². The van der Waals surface area contributed by atoms with Gasteiger partial charge in [-0.15, -0.1) is 0 Å². The first-order valence-electron chi connectivity index (χ1n) is 40.7. The molecule has 0 bridgehead atoms. The van der Waals surface area contributed by atoms with Gasteiger partial charge in [-0.05, 0) is 118 Å². The van der Waals surface area contributed by atoms with E-state index in [1.54, 1.807) is 6.92 Å². The Balaban J connectivity index is 0.769. The first-order valence-corrected chi connectivity index (χ1v) is 40.7. The highest BCUT2D eigenvalue weighted by Gasteiger charge is 2.74. The second-order valence-electron chi connectivity index (χ2n) is 36.5. The minimum atomic E-state index is -2.25. The molecule has 118 heavy (non-hydrogen) atoms. The number of carboxylic acids is 1. The normalized spacial score (nSPS) is 54.2. The van der Waals surface area contributed by atoms with E-state index in [4.69, 9.17) is 80.5 Å². The van der Waals surface area contributed by atoms with E-state index < -0.39 is 328 Å². The van der Waals surface area contributed by atoms with E-state index in [1.807, 2.05) is 13.8 Å². The standard InChI is InChI=1S/C77H120O41/c1-26-54(108-29(4)80)44(89)49(94)66(105-26)112-56-28(3)107-69(60(51(56)96)116-67-50(95)45(90)55(27(2)106-67)111-65-53(98)57(34(83)24-104-65)113-63-46(91)40(85)32(81)22-102-63)118-71(101)77-18-17-72(5,6)19-31(77)30-11-12-37-73(7)15-14-39(74(8,25-79)36(73)13-16-75(37,9)76(30,10)20-38(77)84)110-70-61(117-68-48(93)43(88)42(87)35(21-78)109-68)58(52(97)59(115-70)62(99)100)114-64-47(92)41(86)33(82)23-103-64/h11,25-28,31-61,63-70,78,81-98H,12-24H2,1-10H3,(H,99,100)/t26-,27-,28-,31+,32-,33-,34-,35-,36-,37-,38-,39+,40+,41+,42+,43+,44-,45+,46-,47-,48-,49-,50-,51+,52+,53-,54-,55+,56+,57+,58+,59+,60-,61-,63+,64+,65+,66+,67+,68+,69+,70-,73+,74+,75-,76-,77-/m1/s1. The molecule has 0 spiro atoms. The molecule has 8 aliphatic heterocycles. The molecule has 4 saturated carbocycles. The minimum absolute atomic E-state index is 0.0232. The van der Waals surface area contributed by atoms with Gasteiger partial charge < -0.3 is 187 Å². The molecule has 41 heteroatoms. The van der Waals surface area contributed by atoms with Crippen LogP contribution in [-0.4, -0.2) is 392 Å². The number of ether oxygens (including phenoxy) is 17. The highest BCUT2D eigenvalue weighted by molar-refractivity contribution is 5.80. The number of rotatable bonds is 20. The fraction of sp³-hybridized carbons (Fsp3) is 0.922. The largest absolute Gasteiger partial charge is 0.479 e. The Labute approximate surface area is 678 Å². The Bertz CT molecular complexity index is 3530. The van der Waals surface area contributed by atoms with Gasteiger partial charge in [-0.25, -0.2) is 4.79 Å². The van der Waals surface area contributed by atoms with E-state index in [0.29, 0.717) is 38.5 Å². The fourth-order valence-electron chi connectivity index (χ4n) is 21.8. The maximum Gasteiger partial charge on any atom is 0.335 e. The molecule has 41 nitrogen and oxygen atoms in total. The Morgan fingerprint density at radius 2 is 0.958 bits per heavy atom. The topological polar surface area (TPSA) is 630 Å². The van der Waals surface area contributed by atoms with Gasteiger partial charge in [-0.1, -0.05) is 53.2 Å². The second kappa shape index (κ2) is 35.0. The van der Waals surface area contributed by atoms with Gasteiger partial charge in [-0.2, -0.15) is 0 Å². The third-order valence-corrected chi connectivity index (χ3v) is 28.8. The molecular formula is C77H120O41. The maximum atomic E-state index is 16.2. The zero-order valence-electron chi connectivity index (χ0n) is 67.1. The minimum Gasteiger partial charge on any atom is -0.479 e. The third-order valence-electron chi connectivity index (χ3n) is 28.8. The van der Waals surface area contributed by atoms with Gasteiger partial charge in [0.15, 0.2) is 62.3 Å². The summed E-state index contributed by atoms with van der Waals surface area (Å²) in [4.78, 5) is 55.7. The molecule has 0 aromatic carbocycles. The number of hydrogen-bond donors (Lipinski definition) is 20. The van der Waals surface area contributed by atoms with Crippen molar-refractivity contribution in [1.29, 1.82) is 0 Å². The van der Waals surface area contributed by atoms with Crippen LogP contribution in [0.1, 0.15) is 127 Å². The van der Waals surface area contributed by atoms with Gasteiger partial charge >= 0.3 is 17.9 Å². The van der Waals surface area contributed by atoms with Crippen LogP contribution in [0, 0.1) is 50.2 Å². The van der Waals surface area contributed by atoms with Gasteiger partial charge in [-0.3, -0.25) is 9.59 Å². The van der Waals surface area contributed by atoms with E-state index in [-0.39, 0.29) is 25.2 Å². The van der Waals surface area contributed by atoms with E-state index >= 15 is 4.79 Å². The quantitative estimate of drug-likeness (QED) is 0.0233. The fourth-order valence-corrected chi connectivity index (χ4v) is 21.8. The summed E-state index contributed by atoms with van der Waals surface area (Å²) in [6, 6.07) is 0. The van der Waals surface area contributed by atoms with Crippen LogP contribution in [0.25, 0.3) is 0 Å². The summed E-state index contributed by atoms with van der Waals surface area (Å²) in [6.07, 6.45) is -64.7. The third kappa shape index (κ3) is 16.2. The number of allylic oxidation sites excluding steroid dienone is 2. The number of aliphatic hydroxyl groups excluding tert-OH is 19. The predicted octanol–water partition coefficient (Wildman–Crippen LogP) is -6.93. The van der Waals surface area contributed by atoms with Crippen molar-refractivity contribution in [3.8, 4) is 0 Å². The lowest BCUT2D eigenvalue weighted by molar-refractivity contribution is -0.391. The summed E-state index contributed by atoms with van der Waals surface area (Å²) in [5, 5.41) is 224. The van der Waals surface area contributed by atoms with Gasteiger partial charge in [0.25, 0.3) is 0 Å². The van der Waals surface area contributed by atoms with Gasteiger partial charge in [0, 0.05) is 6.92 Å². The second-order valence-corrected chi connectivity index (χ2v) is 36.5. The molecule has 13 rings (SSSR count). The van der Waals surface area contributed by atoms with Crippen molar-refractivity contribution in [2.75, 3.05) is 26.4 Å². The van der Waals surface area contributed by atoms with Crippen molar-refractivity contribution in [1.82, 2.24) is 0 Å². The Morgan fingerprint density at radius 3 is 1.54 bits per heavy atom. The summed E-state index contributed by atoms with van der Waals surface area (Å²) in [6.45, 7) is 14.8. The molecule has 0 aromatic rings. The average Bonchev–Trinajstić information content (AvgIpc) is 0.668. The van der Waals surface area contributed by atoms with Crippen molar-refractivity contribution >= 4 is 24.2 Å². The van der Waals surface area contributed by atoms with Crippen molar-refractivity contribution in [3.05, 3.63) is 11.6 Å². The molecule has 47 atom stereocenters. The van der Waals surface area contributed by atoms with E-state index in [9.17, 15) is 117 Å². The zero-order chi connectivity index (χ0) is 86.2. The number of carbonyl (C=O) groups is 4. The SMILES string of the molecule is CC(=O)O[C@H]1[C@H](O)[C@@H](O)[C@H](O[C@@H]2[C@H](O)[C@@H](O[C@@H]3O[C@H](C)[C@H](O[C@@H]4OC[C@@H](O)[C@H](O[C@@H]5OC[C@@H](O)[C@H](O)[C@H]5O)[C@H]4O)[C@@H](O)[C@H]3O)[C@H](OC(=O)[C@]34CCC(C)(C)C[C@H]3C3=CC[C@@H]5[C@@]6(C)CC[C@H](O[C@@H]7O[C@H](C(=O)O)[C@@H](O)[C@H](O[C@@H]8OC[C@@H](O)[C@H](O)[C@H]8O)[C@H]7O[C@@H]7O[C@H](CO)[C@H](O)[C@H](O)[C@H]7O)[C@@](C)(C=O)[C@@H]6CC[C@@]5(C)[C@]3(C)C[C@H]4O)O[C@@H]2C)O[C@@H]1C. The molecule has 0 unspecified atom stereocenters. The molecule has 674 valence electrons. The zero-order valence-corrected chi connectivity index (χ0v) is 67.1. The number of esters is 2. The summed E-state index contributed by atoms with van der Waals surface area (Å²) >= 11 is 0. The first-order chi connectivity index (χ1) is 55.3. The number of carboxylic acid groups (broad SMARTS) is 1. The van der Waals surface area contributed by atoms with E-state index in [1.165, 1.54) is 20.8 Å². The van der Waals surface area contributed by atoms with E-state index in [0.717, 1.165) is 18.8 Å². The molecule has 0 amide bonds. The maximum absolute atomic E-state index is 16.2. The van der Waals surface area contributed by atoms with Crippen LogP contribution >= 0.6 is 0 Å². The van der Waals surface area contributed by atoms with Gasteiger partial charge in [0.05, 0.1) is 62.4 Å². The number of carbonyl (C=O) groups excluding carboxylic acids is 3. The molecule has 8 heterocycles. The van der Waals surface area contributed by atoms with Gasteiger partial charge in [0.1, 0.15) is 152 Å². The van der Waals surface area contributed by atoms with Crippen LogP contribution in [0.2, 0.25) is 0 Å². The molecule has 8 saturated heterocycles. The Kier molecular flexibility index (Phi) is 27.3. The molecule has 5 aliphatic carbocycles. The number of aldehydes is 1. The lowest BCUT2D eigenvalue weighted by Crippen LogP contribution is -2.69. The van der Waals surface area contributed by atoms with Crippen LogP contribution in [0.4, 0.5) is 0 Å². The number of aliphatic carboxylic acids is 1. The molecule has 0 aromatic heterocycles. The van der Waals surface area contributed by atoms with Crippen LogP contribution < -0.4 is 0 Å². The lowest BCUT2D eigenvalue weighted by atomic mass is 9.33. The van der Waals surface area contributed by atoms with Gasteiger partial charge in [0.2, 0.25) is 6.29 Å². The Hall–Kier alpha value is -3.54. The molecule has 13 aliphatic rings. The van der Waals surface area contributed by atoms with E-state index in [2.05, 4.69) is 26.8 Å². The number of aliphatic hydroxyl groups is 19. The average molecular weight is 1700 g/mol. The summed E-state index contributed by atoms with van der Waals surface area (Å²) in [7, 11) is 0. The summed E-state index contributed by atoms with van der Waals surface area (Å²) in [5.74, 6) is -5.12. The van der Waals surface area contributed by atoms with Crippen LogP contribution in [-0.2, 0) is 99.7 Å². The summed E-state index contributed by atoms with van der Waals surface area (Å²) in [5.41, 5.74) is -5.27. The first kappa shape index (κ1) is 92.1. The van der Waals surface area contributed by atoms with Crippen LogP contribution in [0.5, 0.6) is 0 Å².